The maximum atomic E-state index is 13.2. The SMILES string of the molecule is CC1CCCCC1NC(=O)CN1C(=O)/C(=C\c2cccc(Cl)c2)Oc2ccccc21. The molecule has 5 nitrogen and oxygen atoms in total. The first kappa shape index (κ1) is 20.5. The molecule has 2 unspecified atom stereocenters. The lowest BCUT2D eigenvalue weighted by atomic mass is 9.86. The molecule has 0 saturated heterocycles. The van der Waals surface area contributed by atoms with Crippen LogP contribution in [0.1, 0.15) is 38.2 Å². The predicted molar refractivity (Wildman–Crippen MR) is 118 cm³/mol. The Labute approximate surface area is 181 Å². The van der Waals surface area contributed by atoms with E-state index in [1.165, 1.54) is 11.3 Å². The molecule has 0 radical (unpaired) electrons. The second kappa shape index (κ2) is 8.92. The zero-order valence-electron chi connectivity index (χ0n) is 16.9. The van der Waals surface area contributed by atoms with E-state index >= 15 is 0 Å². The number of hydrogen-bond donors (Lipinski definition) is 1. The minimum atomic E-state index is -0.347. The Kier molecular flexibility index (Phi) is 6.09. The normalized spacial score (nSPS) is 22.4. The van der Waals surface area contributed by atoms with Gasteiger partial charge in [0.25, 0.3) is 5.91 Å². The number of rotatable bonds is 4. The Balaban J connectivity index is 1.57. The highest BCUT2D eigenvalue weighted by molar-refractivity contribution is 6.30. The minimum absolute atomic E-state index is 0.0463. The van der Waals surface area contributed by atoms with Crippen molar-refractivity contribution in [3.63, 3.8) is 0 Å². The van der Waals surface area contributed by atoms with Gasteiger partial charge in [-0.2, -0.15) is 0 Å². The molecule has 156 valence electrons. The average Bonchev–Trinajstić information content (AvgIpc) is 2.73. The molecule has 2 atom stereocenters. The van der Waals surface area contributed by atoms with Gasteiger partial charge in [-0.15, -0.1) is 0 Å². The molecule has 2 aromatic rings. The van der Waals surface area contributed by atoms with Crippen molar-refractivity contribution in [2.75, 3.05) is 11.4 Å². The summed E-state index contributed by atoms with van der Waals surface area (Å²) in [5.41, 5.74) is 1.35. The van der Waals surface area contributed by atoms with Crippen LogP contribution in [-0.2, 0) is 9.59 Å². The third kappa shape index (κ3) is 4.51. The number of nitrogens with zero attached hydrogens (tertiary/aromatic N) is 1. The fraction of sp³-hybridized carbons (Fsp3) is 0.333. The van der Waals surface area contributed by atoms with Crippen LogP contribution in [0.15, 0.2) is 54.3 Å². The monoisotopic (exact) mass is 424 g/mol. The fourth-order valence-corrected chi connectivity index (χ4v) is 4.29. The number of halogens is 1. The third-order valence-corrected chi connectivity index (χ3v) is 5.97. The minimum Gasteiger partial charge on any atom is -0.449 e. The van der Waals surface area contributed by atoms with E-state index in [9.17, 15) is 9.59 Å². The summed E-state index contributed by atoms with van der Waals surface area (Å²) >= 11 is 6.06. The molecular formula is C24H25ClN2O3. The van der Waals surface area contributed by atoms with Gasteiger partial charge < -0.3 is 10.1 Å². The van der Waals surface area contributed by atoms with Crippen molar-refractivity contribution >= 4 is 35.2 Å². The summed E-state index contributed by atoms with van der Waals surface area (Å²) in [6.45, 7) is 2.13. The van der Waals surface area contributed by atoms with Gasteiger partial charge in [-0.25, -0.2) is 0 Å². The lowest BCUT2D eigenvalue weighted by molar-refractivity contribution is -0.124. The molecular weight excluding hydrogens is 400 g/mol. The second-order valence-electron chi connectivity index (χ2n) is 7.96. The topological polar surface area (TPSA) is 58.6 Å². The predicted octanol–water partition coefficient (Wildman–Crippen LogP) is 4.80. The van der Waals surface area contributed by atoms with Gasteiger partial charge in [0.15, 0.2) is 11.5 Å². The van der Waals surface area contributed by atoms with Crippen molar-refractivity contribution < 1.29 is 14.3 Å². The molecule has 1 heterocycles. The number of amides is 2. The van der Waals surface area contributed by atoms with Gasteiger partial charge in [0.05, 0.1) is 5.69 Å². The van der Waals surface area contributed by atoms with Crippen molar-refractivity contribution in [2.24, 2.45) is 5.92 Å². The van der Waals surface area contributed by atoms with Crippen molar-refractivity contribution in [3.8, 4) is 5.75 Å². The van der Waals surface area contributed by atoms with Gasteiger partial charge in [-0.1, -0.05) is 55.6 Å². The molecule has 1 aliphatic heterocycles. The maximum absolute atomic E-state index is 13.2. The zero-order chi connectivity index (χ0) is 21.1. The first-order valence-corrected chi connectivity index (χ1v) is 10.7. The summed E-state index contributed by atoms with van der Waals surface area (Å²) in [6.07, 6.45) is 6.09. The number of hydrogen-bond acceptors (Lipinski definition) is 3. The highest BCUT2D eigenvalue weighted by atomic mass is 35.5. The maximum Gasteiger partial charge on any atom is 0.294 e. The van der Waals surface area contributed by atoms with Crippen LogP contribution in [0.25, 0.3) is 6.08 Å². The van der Waals surface area contributed by atoms with Gasteiger partial charge in [0, 0.05) is 11.1 Å². The number of nitrogens with one attached hydrogen (secondary N) is 1. The van der Waals surface area contributed by atoms with Crippen LogP contribution in [-0.4, -0.2) is 24.4 Å². The summed E-state index contributed by atoms with van der Waals surface area (Å²) in [7, 11) is 0. The standard InChI is InChI=1S/C24H25ClN2O3/c1-16-7-2-3-10-19(16)26-23(28)15-27-20-11-4-5-12-21(20)30-22(24(27)29)14-17-8-6-9-18(25)13-17/h4-6,8-9,11-14,16,19H,2-3,7,10,15H2,1H3,(H,26,28)/b22-14+. The zero-order valence-corrected chi connectivity index (χ0v) is 17.7. The van der Waals surface area contributed by atoms with E-state index in [4.69, 9.17) is 16.3 Å². The lowest BCUT2D eigenvalue weighted by Crippen LogP contribution is -2.48. The fourth-order valence-electron chi connectivity index (χ4n) is 4.09. The second-order valence-corrected chi connectivity index (χ2v) is 8.40. The quantitative estimate of drug-likeness (QED) is 0.717. The van der Waals surface area contributed by atoms with E-state index in [0.717, 1.165) is 24.8 Å². The number of para-hydroxylation sites is 2. The summed E-state index contributed by atoms with van der Waals surface area (Å²) in [4.78, 5) is 27.5. The molecule has 0 spiro atoms. The van der Waals surface area contributed by atoms with Crippen LogP contribution >= 0.6 is 11.6 Å². The van der Waals surface area contributed by atoms with Crippen molar-refractivity contribution in [1.29, 1.82) is 0 Å². The van der Waals surface area contributed by atoms with Crippen LogP contribution in [0.3, 0.4) is 0 Å². The Morgan fingerprint density at radius 3 is 2.80 bits per heavy atom. The van der Waals surface area contributed by atoms with Crippen LogP contribution in [0.4, 0.5) is 5.69 Å². The van der Waals surface area contributed by atoms with E-state index in [2.05, 4.69) is 12.2 Å². The van der Waals surface area contributed by atoms with Gasteiger partial charge in [0.1, 0.15) is 6.54 Å². The molecule has 30 heavy (non-hydrogen) atoms. The highest BCUT2D eigenvalue weighted by Crippen LogP contribution is 2.35. The van der Waals surface area contributed by atoms with Crippen molar-refractivity contribution in [3.05, 3.63) is 64.9 Å². The molecule has 1 aliphatic carbocycles. The van der Waals surface area contributed by atoms with Gasteiger partial charge >= 0.3 is 0 Å². The summed E-state index contributed by atoms with van der Waals surface area (Å²) in [5.74, 6) is 0.661. The number of ether oxygens (including phenoxy) is 1. The number of anilines is 1. The van der Waals surface area contributed by atoms with E-state index in [0.29, 0.717) is 22.4 Å². The molecule has 2 amide bonds. The number of carbonyl (C=O) groups is 2. The van der Waals surface area contributed by atoms with Crippen LogP contribution in [0.2, 0.25) is 5.02 Å². The number of benzene rings is 2. The van der Waals surface area contributed by atoms with Crippen LogP contribution in [0.5, 0.6) is 5.75 Å². The van der Waals surface area contributed by atoms with Gasteiger partial charge in [-0.3, -0.25) is 14.5 Å². The highest BCUT2D eigenvalue weighted by Gasteiger charge is 2.32. The van der Waals surface area contributed by atoms with Crippen LogP contribution in [0, 0.1) is 5.92 Å². The van der Waals surface area contributed by atoms with E-state index in [-0.39, 0.29) is 30.2 Å². The first-order valence-electron chi connectivity index (χ1n) is 10.4. The number of carbonyl (C=O) groups excluding carboxylic acids is 2. The molecule has 1 saturated carbocycles. The van der Waals surface area contributed by atoms with Gasteiger partial charge in [0.2, 0.25) is 5.91 Å². The third-order valence-electron chi connectivity index (χ3n) is 5.74. The molecule has 2 aromatic carbocycles. The summed E-state index contributed by atoms with van der Waals surface area (Å²) in [5, 5.41) is 3.70. The molecule has 0 aromatic heterocycles. The van der Waals surface area contributed by atoms with Crippen molar-refractivity contribution in [1.82, 2.24) is 5.32 Å². The van der Waals surface area contributed by atoms with E-state index in [1.54, 1.807) is 30.3 Å². The smallest absolute Gasteiger partial charge is 0.294 e. The molecule has 2 aliphatic rings. The first-order chi connectivity index (χ1) is 14.5. The van der Waals surface area contributed by atoms with E-state index < -0.39 is 0 Å². The summed E-state index contributed by atoms with van der Waals surface area (Å²) in [6, 6.07) is 14.6. The van der Waals surface area contributed by atoms with E-state index in [1.807, 2.05) is 24.3 Å². The van der Waals surface area contributed by atoms with Crippen LogP contribution < -0.4 is 15.0 Å². The molecule has 4 rings (SSSR count). The molecule has 1 fully saturated rings. The van der Waals surface area contributed by atoms with Crippen molar-refractivity contribution in [2.45, 2.75) is 38.6 Å². The Hall–Kier alpha value is -2.79. The van der Waals surface area contributed by atoms with Gasteiger partial charge in [-0.05, 0) is 54.7 Å². The Morgan fingerprint density at radius 2 is 2.00 bits per heavy atom. The lowest BCUT2D eigenvalue weighted by Gasteiger charge is -2.32. The average molecular weight is 425 g/mol. The Bertz CT molecular complexity index is 988. The Morgan fingerprint density at radius 1 is 1.20 bits per heavy atom. The molecule has 1 N–H and O–H groups in total. The summed E-state index contributed by atoms with van der Waals surface area (Å²) < 4.78 is 5.86. The largest absolute Gasteiger partial charge is 0.449 e. The molecule has 6 heteroatoms. The number of fused-ring (bicyclic) bond motifs is 1. The molecule has 0 bridgehead atoms.